The lowest BCUT2D eigenvalue weighted by Gasteiger charge is -2.28. The Morgan fingerprint density at radius 3 is 2.47 bits per heavy atom. The molecule has 2 aromatic rings. The van der Waals surface area contributed by atoms with Crippen LogP contribution in [0.15, 0.2) is 48.5 Å². The molecular formula is C26H34N2O2. The molecule has 160 valence electrons. The van der Waals surface area contributed by atoms with Crippen molar-refractivity contribution in [2.24, 2.45) is 0 Å². The molecule has 1 heterocycles. The lowest BCUT2D eigenvalue weighted by molar-refractivity contribution is -0.121. The largest absolute Gasteiger partial charge is 0.494 e. The minimum absolute atomic E-state index is 0.116. The molecule has 4 rings (SSSR count). The second kappa shape index (κ2) is 9.65. The maximum atomic E-state index is 13.3. The van der Waals surface area contributed by atoms with Gasteiger partial charge in [-0.25, -0.2) is 0 Å². The molecule has 1 saturated heterocycles. The lowest BCUT2D eigenvalue weighted by atomic mass is 9.77. The van der Waals surface area contributed by atoms with E-state index in [-0.39, 0.29) is 5.91 Å². The van der Waals surface area contributed by atoms with Crippen LogP contribution in [0.5, 0.6) is 5.75 Å². The van der Waals surface area contributed by atoms with Crippen molar-refractivity contribution in [3.8, 4) is 5.75 Å². The third-order valence-electron chi connectivity index (χ3n) is 6.66. The quantitative estimate of drug-likeness (QED) is 0.604. The van der Waals surface area contributed by atoms with E-state index in [2.05, 4.69) is 41.4 Å². The molecule has 1 aliphatic heterocycles. The fraction of sp³-hybridized carbons (Fsp3) is 0.500. The first kappa shape index (κ1) is 20.9. The van der Waals surface area contributed by atoms with Crippen molar-refractivity contribution >= 4 is 11.6 Å². The van der Waals surface area contributed by atoms with Gasteiger partial charge in [-0.2, -0.15) is 0 Å². The molecule has 2 aromatic carbocycles. The first-order valence-corrected chi connectivity index (χ1v) is 11.5. The van der Waals surface area contributed by atoms with E-state index < -0.39 is 5.41 Å². The van der Waals surface area contributed by atoms with Gasteiger partial charge in [0, 0.05) is 12.2 Å². The van der Waals surface area contributed by atoms with E-state index in [4.69, 9.17) is 4.74 Å². The molecule has 0 bridgehead atoms. The molecule has 30 heavy (non-hydrogen) atoms. The van der Waals surface area contributed by atoms with Gasteiger partial charge in [0.15, 0.2) is 0 Å². The second-order valence-corrected chi connectivity index (χ2v) is 8.89. The van der Waals surface area contributed by atoms with Crippen LogP contribution in [0.25, 0.3) is 0 Å². The van der Waals surface area contributed by atoms with E-state index in [9.17, 15) is 4.79 Å². The average molecular weight is 407 g/mol. The summed E-state index contributed by atoms with van der Waals surface area (Å²) in [5.41, 5.74) is 2.79. The van der Waals surface area contributed by atoms with Crippen molar-refractivity contribution in [3.63, 3.8) is 0 Å². The summed E-state index contributed by atoms with van der Waals surface area (Å²) in [6, 6.07) is 16.3. The predicted octanol–water partition coefficient (Wildman–Crippen LogP) is 5.31. The number of anilines is 1. The highest BCUT2D eigenvalue weighted by atomic mass is 16.5. The van der Waals surface area contributed by atoms with E-state index >= 15 is 0 Å². The van der Waals surface area contributed by atoms with Crippen LogP contribution in [0.3, 0.4) is 0 Å². The number of rotatable bonds is 8. The van der Waals surface area contributed by atoms with Gasteiger partial charge in [0.25, 0.3) is 0 Å². The number of carbonyl (C=O) groups is 1. The van der Waals surface area contributed by atoms with Gasteiger partial charge in [-0.3, -0.25) is 4.79 Å². The summed E-state index contributed by atoms with van der Waals surface area (Å²) in [5.74, 6) is 0.980. The smallest absolute Gasteiger partial charge is 0.235 e. The monoisotopic (exact) mass is 406 g/mol. The van der Waals surface area contributed by atoms with Crippen LogP contribution in [0.1, 0.15) is 56.1 Å². The Bertz CT molecular complexity index is 834. The molecule has 2 fully saturated rings. The van der Waals surface area contributed by atoms with E-state index in [0.717, 1.165) is 62.3 Å². The maximum absolute atomic E-state index is 13.3. The number of ether oxygens (including phenoxy) is 1. The fourth-order valence-corrected chi connectivity index (χ4v) is 4.94. The zero-order chi connectivity index (χ0) is 20.8. The van der Waals surface area contributed by atoms with Crippen LogP contribution < -0.4 is 10.1 Å². The number of carbonyl (C=O) groups excluding carboxylic acids is 1. The number of benzene rings is 2. The standard InChI is InChI=1S/C26H34N2O2/c1-21-8-6-9-22(20-21)26(14-2-3-15-26)25(29)27-23-10-12-24(13-11-23)30-19-7-18-28-16-4-5-17-28/h6,8-13,20H,2-5,7,14-19H2,1H3,(H,27,29). The van der Waals surface area contributed by atoms with Gasteiger partial charge in [-0.15, -0.1) is 0 Å². The van der Waals surface area contributed by atoms with Gasteiger partial charge in [0.05, 0.1) is 12.0 Å². The number of hydrogen-bond donors (Lipinski definition) is 1. The van der Waals surface area contributed by atoms with E-state index in [0.29, 0.717) is 0 Å². The maximum Gasteiger partial charge on any atom is 0.235 e. The zero-order valence-corrected chi connectivity index (χ0v) is 18.2. The average Bonchev–Trinajstić information content (AvgIpc) is 3.45. The van der Waals surface area contributed by atoms with Crippen molar-refractivity contribution in [2.45, 2.75) is 57.3 Å². The van der Waals surface area contributed by atoms with Gasteiger partial charge in [0.2, 0.25) is 5.91 Å². The highest BCUT2D eigenvalue weighted by Crippen LogP contribution is 2.42. The summed E-state index contributed by atoms with van der Waals surface area (Å²) >= 11 is 0. The van der Waals surface area contributed by atoms with Gasteiger partial charge in [-0.1, -0.05) is 42.7 Å². The molecule has 1 amide bonds. The Morgan fingerprint density at radius 1 is 1.03 bits per heavy atom. The van der Waals surface area contributed by atoms with Gasteiger partial charge in [0.1, 0.15) is 5.75 Å². The third-order valence-corrected chi connectivity index (χ3v) is 6.66. The summed E-state index contributed by atoms with van der Waals surface area (Å²) in [5, 5.41) is 3.17. The molecular weight excluding hydrogens is 372 g/mol. The molecule has 1 saturated carbocycles. The van der Waals surface area contributed by atoms with Crippen molar-refractivity contribution in [3.05, 3.63) is 59.7 Å². The van der Waals surface area contributed by atoms with Gasteiger partial charge < -0.3 is 15.0 Å². The lowest BCUT2D eigenvalue weighted by Crippen LogP contribution is -2.38. The minimum atomic E-state index is -0.406. The van der Waals surface area contributed by atoms with Crippen molar-refractivity contribution in [2.75, 3.05) is 31.6 Å². The van der Waals surface area contributed by atoms with Crippen LogP contribution in [-0.4, -0.2) is 37.0 Å². The SMILES string of the molecule is Cc1cccc(C2(C(=O)Nc3ccc(OCCCN4CCCC4)cc3)CCCC2)c1. The molecule has 4 nitrogen and oxygen atoms in total. The Labute approximate surface area is 180 Å². The number of aryl methyl sites for hydroxylation is 1. The van der Waals surface area contributed by atoms with E-state index in [1.165, 1.54) is 31.5 Å². The predicted molar refractivity (Wildman–Crippen MR) is 122 cm³/mol. The third kappa shape index (κ3) is 4.86. The Hall–Kier alpha value is -2.33. The summed E-state index contributed by atoms with van der Waals surface area (Å²) in [4.78, 5) is 15.8. The summed E-state index contributed by atoms with van der Waals surface area (Å²) in [6.07, 6.45) is 7.76. The number of likely N-dealkylation sites (tertiary alicyclic amines) is 1. The van der Waals surface area contributed by atoms with Crippen molar-refractivity contribution < 1.29 is 9.53 Å². The van der Waals surface area contributed by atoms with Crippen molar-refractivity contribution in [1.82, 2.24) is 4.90 Å². The molecule has 2 aliphatic rings. The Morgan fingerprint density at radius 2 is 1.77 bits per heavy atom. The molecule has 1 aliphatic carbocycles. The molecule has 0 radical (unpaired) electrons. The summed E-state index contributed by atoms with van der Waals surface area (Å²) < 4.78 is 5.89. The number of hydrogen-bond acceptors (Lipinski definition) is 3. The van der Waals surface area contributed by atoms with Crippen LogP contribution >= 0.6 is 0 Å². The Kier molecular flexibility index (Phi) is 6.73. The van der Waals surface area contributed by atoms with Crippen LogP contribution in [-0.2, 0) is 10.2 Å². The number of amides is 1. The van der Waals surface area contributed by atoms with Crippen molar-refractivity contribution in [1.29, 1.82) is 0 Å². The molecule has 0 spiro atoms. The van der Waals surface area contributed by atoms with E-state index in [1.807, 2.05) is 24.3 Å². The highest BCUT2D eigenvalue weighted by molar-refractivity contribution is 5.99. The van der Waals surface area contributed by atoms with E-state index in [1.54, 1.807) is 0 Å². The van der Waals surface area contributed by atoms with Crippen LogP contribution in [0.4, 0.5) is 5.69 Å². The van der Waals surface area contributed by atoms with Crippen LogP contribution in [0.2, 0.25) is 0 Å². The normalized spacial score (nSPS) is 18.4. The topological polar surface area (TPSA) is 41.6 Å². The van der Waals surface area contributed by atoms with Crippen LogP contribution in [0, 0.1) is 6.92 Å². The highest BCUT2D eigenvalue weighted by Gasteiger charge is 2.42. The number of nitrogens with one attached hydrogen (secondary N) is 1. The Balaban J connectivity index is 1.33. The first-order chi connectivity index (χ1) is 14.7. The summed E-state index contributed by atoms with van der Waals surface area (Å²) in [6.45, 7) is 6.42. The fourth-order valence-electron chi connectivity index (χ4n) is 4.94. The second-order valence-electron chi connectivity index (χ2n) is 8.89. The molecule has 0 unspecified atom stereocenters. The molecule has 0 atom stereocenters. The first-order valence-electron chi connectivity index (χ1n) is 11.5. The number of nitrogens with zero attached hydrogens (tertiary/aromatic N) is 1. The summed E-state index contributed by atoms with van der Waals surface area (Å²) in [7, 11) is 0. The minimum Gasteiger partial charge on any atom is -0.494 e. The van der Waals surface area contributed by atoms with Gasteiger partial charge in [-0.05, 0) is 81.9 Å². The molecule has 4 heteroatoms. The zero-order valence-electron chi connectivity index (χ0n) is 18.2. The molecule has 1 N–H and O–H groups in total. The molecule has 0 aromatic heterocycles. The van der Waals surface area contributed by atoms with Gasteiger partial charge >= 0.3 is 0 Å².